The summed E-state index contributed by atoms with van der Waals surface area (Å²) >= 11 is 0. The summed E-state index contributed by atoms with van der Waals surface area (Å²) in [5.41, 5.74) is 1.35. The summed E-state index contributed by atoms with van der Waals surface area (Å²) in [4.78, 5) is 11.9. The molecule has 0 atom stereocenters. The molecule has 0 saturated carbocycles. The lowest BCUT2D eigenvalue weighted by molar-refractivity contribution is -0.122. The predicted octanol–water partition coefficient (Wildman–Crippen LogP) is 2.73. The van der Waals surface area contributed by atoms with Crippen molar-refractivity contribution in [1.29, 1.82) is 0 Å². The van der Waals surface area contributed by atoms with Crippen LogP contribution in [0.3, 0.4) is 0 Å². The molecule has 0 saturated heterocycles. The van der Waals surface area contributed by atoms with Gasteiger partial charge in [-0.15, -0.1) is 15.3 Å². The standard InChI is InChI=1S/C20H25N5O3/c1-20(2,3)13-17(26)21-11-12-28-18-10-9-16-22-23-19(25(16)24-18)14-7-5-6-8-15(14)27-4/h5-10H,11-13H2,1-4H3,(H,21,26). The lowest BCUT2D eigenvalue weighted by Crippen LogP contribution is -2.31. The van der Waals surface area contributed by atoms with Crippen LogP contribution in [0.5, 0.6) is 11.6 Å². The Bertz CT molecular complexity index is 962. The van der Waals surface area contributed by atoms with E-state index in [9.17, 15) is 4.79 Å². The van der Waals surface area contributed by atoms with E-state index in [1.807, 2.05) is 45.0 Å². The zero-order valence-electron chi connectivity index (χ0n) is 16.6. The highest BCUT2D eigenvalue weighted by molar-refractivity contribution is 5.76. The summed E-state index contributed by atoms with van der Waals surface area (Å²) in [6, 6.07) is 11.1. The average Bonchev–Trinajstić information content (AvgIpc) is 3.07. The molecular formula is C20H25N5O3. The summed E-state index contributed by atoms with van der Waals surface area (Å²) in [6.07, 6.45) is 0.472. The van der Waals surface area contributed by atoms with Gasteiger partial charge in [-0.25, -0.2) is 0 Å². The van der Waals surface area contributed by atoms with Gasteiger partial charge in [0.05, 0.1) is 19.2 Å². The molecule has 1 amide bonds. The van der Waals surface area contributed by atoms with E-state index in [4.69, 9.17) is 9.47 Å². The van der Waals surface area contributed by atoms with Crippen molar-refractivity contribution in [2.45, 2.75) is 27.2 Å². The molecule has 3 rings (SSSR count). The van der Waals surface area contributed by atoms with Gasteiger partial charge in [0.1, 0.15) is 12.4 Å². The van der Waals surface area contributed by atoms with Crippen LogP contribution in [0.4, 0.5) is 0 Å². The molecule has 2 aromatic heterocycles. The van der Waals surface area contributed by atoms with Crippen molar-refractivity contribution in [2.24, 2.45) is 5.41 Å². The maximum atomic E-state index is 11.9. The molecule has 8 nitrogen and oxygen atoms in total. The van der Waals surface area contributed by atoms with Crippen molar-refractivity contribution < 1.29 is 14.3 Å². The number of benzene rings is 1. The SMILES string of the molecule is COc1ccccc1-c1nnc2ccc(OCCNC(=O)CC(C)(C)C)nn12. The van der Waals surface area contributed by atoms with Gasteiger partial charge < -0.3 is 14.8 Å². The molecule has 8 heteroatoms. The van der Waals surface area contributed by atoms with Gasteiger partial charge in [0.2, 0.25) is 11.8 Å². The number of ether oxygens (including phenoxy) is 2. The van der Waals surface area contributed by atoms with Gasteiger partial charge in [0.15, 0.2) is 11.5 Å². The molecule has 0 aliphatic heterocycles. The summed E-state index contributed by atoms with van der Waals surface area (Å²) in [5, 5.41) is 15.7. The van der Waals surface area contributed by atoms with E-state index in [0.29, 0.717) is 42.7 Å². The third-order valence-corrected chi connectivity index (χ3v) is 3.95. The van der Waals surface area contributed by atoms with E-state index in [0.717, 1.165) is 5.56 Å². The molecule has 3 aromatic rings. The molecule has 0 fully saturated rings. The second kappa shape index (κ2) is 8.24. The van der Waals surface area contributed by atoms with Crippen LogP contribution in [-0.4, -0.2) is 46.0 Å². The maximum absolute atomic E-state index is 11.9. The fraction of sp³-hybridized carbons (Fsp3) is 0.400. The van der Waals surface area contributed by atoms with E-state index < -0.39 is 0 Å². The molecule has 0 bridgehead atoms. The highest BCUT2D eigenvalue weighted by Gasteiger charge is 2.16. The minimum Gasteiger partial charge on any atom is -0.496 e. The number of nitrogens with zero attached hydrogens (tertiary/aromatic N) is 4. The average molecular weight is 383 g/mol. The highest BCUT2D eigenvalue weighted by atomic mass is 16.5. The Balaban J connectivity index is 1.68. The van der Waals surface area contributed by atoms with Gasteiger partial charge in [-0.3, -0.25) is 4.79 Å². The Morgan fingerprint density at radius 3 is 2.68 bits per heavy atom. The topological polar surface area (TPSA) is 90.6 Å². The number of aromatic nitrogens is 4. The van der Waals surface area contributed by atoms with Gasteiger partial charge in [-0.1, -0.05) is 32.9 Å². The summed E-state index contributed by atoms with van der Waals surface area (Å²) in [6.45, 7) is 6.82. The second-order valence-electron chi connectivity index (χ2n) is 7.60. The van der Waals surface area contributed by atoms with Crippen molar-refractivity contribution in [3.05, 3.63) is 36.4 Å². The number of hydrogen-bond donors (Lipinski definition) is 1. The Morgan fingerprint density at radius 2 is 1.93 bits per heavy atom. The molecule has 0 aliphatic rings. The van der Waals surface area contributed by atoms with Crippen LogP contribution >= 0.6 is 0 Å². The van der Waals surface area contributed by atoms with Crippen LogP contribution in [0.1, 0.15) is 27.2 Å². The van der Waals surface area contributed by atoms with E-state index in [1.54, 1.807) is 23.8 Å². The molecule has 148 valence electrons. The van der Waals surface area contributed by atoms with Crippen LogP contribution in [0.15, 0.2) is 36.4 Å². The Morgan fingerprint density at radius 1 is 1.14 bits per heavy atom. The normalized spacial score (nSPS) is 11.4. The maximum Gasteiger partial charge on any atom is 0.231 e. The predicted molar refractivity (Wildman–Crippen MR) is 105 cm³/mol. The Labute approximate surface area is 163 Å². The lowest BCUT2D eigenvalue weighted by Gasteiger charge is -2.17. The quantitative estimate of drug-likeness (QED) is 0.631. The first-order valence-electron chi connectivity index (χ1n) is 9.13. The van der Waals surface area contributed by atoms with Gasteiger partial charge in [-0.05, 0) is 23.6 Å². The number of methoxy groups -OCH3 is 1. The van der Waals surface area contributed by atoms with Crippen LogP contribution in [0.25, 0.3) is 17.0 Å². The van der Waals surface area contributed by atoms with Crippen molar-refractivity contribution in [2.75, 3.05) is 20.3 Å². The highest BCUT2D eigenvalue weighted by Crippen LogP contribution is 2.28. The number of fused-ring (bicyclic) bond motifs is 1. The second-order valence-corrected chi connectivity index (χ2v) is 7.60. The smallest absolute Gasteiger partial charge is 0.231 e. The zero-order chi connectivity index (χ0) is 20.1. The van der Waals surface area contributed by atoms with Gasteiger partial charge in [0, 0.05) is 12.5 Å². The number of hydrogen-bond acceptors (Lipinski definition) is 6. The molecule has 0 radical (unpaired) electrons. The summed E-state index contributed by atoms with van der Waals surface area (Å²) in [7, 11) is 1.61. The lowest BCUT2D eigenvalue weighted by atomic mass is 9.92. The number of carbonyl (C=O) groups excluding carboxylic acids is 1. The van der Waals surface area contributed by atoms with Crippen molar-refractivity contribution in [3.63, 3.8) is 0 Å². The molecule has 1 aromatic carbocycles. The molecule has 0 spiro atoms. The number of carbonyl (C=O) groups is 1. The van der Waals surface area contributed by atoms with Crippen LogP contribution in [-0.2, 0) is 4.79 Å². The van der Waals surface area contributed by atoms with Gasteiger partial charge in [-0.2, -0.15) is 4.52 Å². The minimum absolute atomic E-state index is 0.0109. The van der Waals surface area contributed by atoms with E-state index in [2.05, 4.69) is 20.6 Å². The van der Waals surface area contributed by atoms with Crippen LogP contribution < -0.4 is 14.8 Å². The first kappa shape index (κ1) is 19.6. The molecule has 0 aliphatic carbocycles. The number of rotatable bonds is 7. The van der Waals surface area contributed by atoms with Crippen molar-refractivity contribution >= 4 is 11.6 Å². The largest absolute Gasteiger partial charge is 0.496 e. The van der Waals surface area contributed by atoms with Crippen LogP contribution in [0.2, 0.25) is 0 Å². The van der Waals surface area contributed by atoms with E-state index in [-0.39, 0.29) is 11.3 Å². The van der Waals surface area contributed by atoms with E-state index in [1.165, 1.54) is 0 Å². The minimum atomic E-state index is -0.0408. The van der Waals surface area contributed by atoms with Crippen LogP contribution in [0, 0.1) is 5.41 Å². The fourth-order valence-electron chi connectivity index (χ4n) is 2.74. The zero-order valence-corrected chi connectivity index (χ0v) is 16.6. The van der Waals surface area contributed by atoms with E-state index >= 15 is 0 Å². The monoisotopic (exact) mass is 383 g/mol. The molecular weight excluding hydrogens is 358 g/mol. The molecule has 28 heavy (non-hydrogen) atoms. The summed E-state index contributed by atoms with van der Waals surface area (Å²) < 4.78 is 12.7. The molecule has 0 unspecified atom stereocenters. The van der Waals surface area contributed by atoms with Gasteiger partial charge in [0.25, 0.3) is 0 Å². The third kappa shape index (κ3) is 4.76. The molecule has 1 N–H and O–H groups in total. The first-order valence-corrected chi connectivity index (χ1v) is 9.13. The molecule has 2 heterocycles. The number of amides is 1. The number of para-hydroxylation sites is 1. The Kier molecular flexibility index (Phi) is 5.77. The first-order chi connectivity index (χ1) is 13.4. The number of nitrogens with one attached hydrogen (secondary N) is 1. The van der Waals surface area contributed by atoms with Gasteiger partial charge >= 0.3 is 0 Å². The van der Waals surface area contributed by atoms with Crippen molar-refractivity contribution in [3.8, 4) is 23.0 Å². The third-order valence-electron chi connectivity index (χ3n) is 3.95. The Hall–Kier alpha value is -3.16. The summed E-state index contributed by atoms with van der Waals surface area (Å²) in [5.74, 6) is 1.69. The fourth-order valence-corrected chi connectivity index (χ4v) is 2.74. The van der Waals surface area contributed by atoms with Crippen molar-refractivity contribution in [1.82, 2.24) is 25.1 Å².